The molecule has 1 aromatic carbocycles. The Morgan fingerprint density at radius 1 is 1.22 bits per heavy atom. The molecule has 0 unspecified atom stereocenters. The predicted octanol–water partition coefficient (Wildman–Crippen LogP) is 5.53. The Hall–Kier alpha value is -0.670. The largest absolute Gasteiger partial charge is 0.439 e. The molecule has 2 nitrogen and oxygen atoms in total. The first kappa shape index (κ1) is 15.4. The molecule has 0 aliphatic carbocycles. The molecule has 4 heteroatoms. The summed E-state index contributed by atoms with van der Waals surface area (Å²) in [6.45, 7) is 10.2. The van der Waals surface area contributed by atoms with E-state index in [0.29, 0.717) is 0 Å². The zero-order valence-electron chi connectivity index (χ0n) is 11.8. The van der Waals surface area contributed by atoms with Crippen LogP contribution in [-0.2, 0) is 5.41 Å². The van der Waals surface area contributed by atoms with Crippen LogP contribution in [0.1, 0.15) is 40.5 Å². The van der Waals surface area contributed by atoms with Crippen molar-refractivity contribution < 1.29 is 4.42 Å². The summed E-state index contributed by atoms with van der Waals surface area (Å²) >= 11 is 7.70. The third-order valence-corrected chi connectivity index (χ3v) is 3.55. The summed E-state index contributed by atoms with van der Waals surface area (Å²) < 4.78 is 5.82. The molecule has 0 aliphatic rings. The first-order valence-corrected chi connectivity index (χ1v) is 7.67. The highest BCUT2D eigenvalue weighted by Gasteiger charge is 2.22. The standard InChI is InChI=1S/C12H14ClNOS.C2H6/c1-12(2,3)11-14-8-6-5-7(13)10(16-4)9(8)15-11;1-2/h5-6H,1-4H3;1-2H3. The SMILES string of the molecule is CC.CSc1c(Cl)ccc2nc(C(C)(C)C)oc12. The van der Waals surface area contributed by atoms with E-state index in [1.807, 2.05) is 32.2 Å². The second-order valence-electron chi connectivity index (χ2n) is 4.70. The van der Waals surface area contributed by atoms with Gasteiger partial charge in [0.25, 0.3) is 0 Å². The van der Waals surface area contributed by atoms with Gasteiger partial charge in [-0.2, -0.15) is 0 Å². The van der Waals surface area contributed by atoms with E-state index in [9.17, 15) is 0 Å². The Labute approximate surface area is 118 Å². The van der Waals surface area contributed by atoms with E-state index in [0.717, 1.165) is 26.9 Å². The van der Waals surface area contributed by atoms with E-state index in [1.165, 1.54) is 0 Å². The minimum Gasteiger partial charge on any atom is -0.439 e. The third-order valence-electron chi connectivity index (χ3n) is 2.31. The quantitative estimate of drug-likeness (QED) is 0.645. The Kier molecular flexibility index (Phi) is 5.11. The van der Waals surface area contributed by atoms with Gasteiger partial charge in [0, 0.05) is 5.41 Å². The number of fused-ring (bicyclic) bond motifs is 1. The first-order valence-electron chi connectivity index (χ1n) is 6.07. The predicted molar refractivity (Wildman–Crippen MR) is 80.8 cm³/mol. The summed E-state index contributed by atoms with van der Waals surface area (Å²) in [7, 11) is 0. The van der Waals surface area contributed by atoms with E-state index in [2.05, 4.69) is 25.8 Å². The number of thioether (sulfide) groups is 1. The maximum absolute atomic E-state index is 6.12. The van der Waals surface area contributed by atoms with Crippen LogP contribution in [0.4, 0.5) is 0 Å². The van der Waals surface area contributed by atoms with Crippen molar-refractivity contribution >= 4 is 34.5 Å². The van der Waals surface area contributed by atoms with Crippen molar-refractivity contribution in [3.63, 3.8) is 0 Å². The van der Waals surface area contributed by atoms with E-state index in [4.69, 9.17) is 16.0 Å². The van der Waals surface area contributed by atoms with Gasteiger partial charge in [-0.05, 0) is 18.4 Å². The van der Waals surface area contributed by atoms with Crippen molar-refractivity contribution in [2.24, 2.45) is 0 Å². The molecule has 0 fully saturated rings. The summed E-state index contributed by atoms with van der Waals surface area (Å²) in [5.74, 6) is 0.750. The number of hydrogen-bond acceptors (Lipinski definition) is 3. The third kappa shape index (κ3) is 3.01. The van der Waals surface area contributed by atoms with Crippen LogP contribution in [0.15, 0.2) is 21.4 Å². The number of halogens is 1. The number of rotatable bonds is 1. The summed E-state index contributed by atoms with van der Waals surface area (Å²) in [4.78, 5) is 5.46. The van der Waals surface area contributed by atoms with Crippen LogP contribution < -0.4 is 0 Å². The number of aromatic nitrogens is 1. The Morgan fingerprint density at radius 2 is 1.83 bits per heavy atom. The van der Waals surface area contributed by atoms with Crippen molar-refractivity contribution in [2.75, 3.05) is 6.26 Å². The molecule has 18 heavy (non-hydrogen) atoms. The molecular formula is C14H20ClNOS. The zero-order chi connectivity index (χ0) is 13.9. The topological polar surface area (TPSA) is 26.0 Å². The highest BCUT2D eigenvalue weighted by molar-refractivity contribution is 7.99. The van der Waals surface area contributed by atoms with E-state index in [-0.39, 0.29) is 5.41 Å². The number of benzene rings is 1. The fraction of sp³-hybridized carbons (Fsp3) is 0.500. The van der Waals surface area contributed by atoms with Gasteiger partial charge >= 0.3 is 0 Å². The number of nitrogens with zero attached hydrogens (tertiary/aromatic N) is 1. The second-order valence-corrected chi connectivity index (χ2v) is 5.92. The van der Waals surface area contributed by atoms with Gasteiger partial charge in [0.05, 0.1) is 9.92 Å². The molecule has 2 aromatic rings. The van der Waals surface area contributed by atoms with Crippen molar-refractivity contribution in [2.45, 2.75) is 44.9 Å². The van der Waals surface area contributed by atoms with Gasteiger partial charge in [0.15, 0.2) is 5.58 Å². The molecule has 2 rings (SSSR count). The molecule has 0 radical (unpaired) electrons. The second kappa shape index (κ2) is 5.98. The van der Waals surface area contributed by atoms with Crippen molar-refractivity contribution in [3.05, 3.63) is 23.0 Å². The van der Waals surface area contributed by atoms with E-state index >= 15 is 0 Å². The minimum atomic E-state index is -0.0822. The highest BCUT2D eigenvalue weighted by Crippen LogP contribution is 2.35. The molecule has 1 aromatic heterocycles. The summed E-state index contributed by atoms with van der Waals surface area (Å²) in [6.07, 6.45) is 1.99. The number of hydrogen-bond donors (Lipinski definition) is 0. The molecule has 0 atom stereocenters. The molecule has 0 bridgehead atoms. The smallest absolute Gasteiger partial charge is 0.200 e. The summed E-state index contributed by atoms with van der Waals surface area (Å²) in [5.41, 5.74) is 1.59. The Bertz CT molecular complexity index is 528. The molecule has 0 saturated heterocycles. The van der Waals surface area contributed by atoms with Crippen LogP contribution in [-0.4, -0.2) is 11.2 Å². The Balaban J connectivity index is 0.000000771. The van der Waals surface area contributed by atoms with E-state index in [1.54, 1.807) is 11.8 Å². The summed E-state index contributed by atoms with van der Waals surface area (Å²) in [5, 5.41) is 0.719. The lowest BCUT2D eigenvalue weighted by atomic mass is 9.97. The maximum Gasteiger partial charge on any atom is 0.200 e. The molecule has 0 N–H and O–H groups in total. The zero-order valence-corrected chi connectivity index (χ0v) is 13.4. The van der Waals surface area contributed by atoms with Crippen LogP contribution >= 0.6 is 23.4 Å². The average molecular weight is 286 g/mol. The molecule has 1 heterocycles. The van der Waals surface area contributed by atoms with Crippen molar-refractivity contribution in [3.8, 4) is 0 Å². The van der Waals surface area contributed by atoms with Gasteiger partial charge in [-0.3, -0.25) is 0 Å². The molecule has 100 valence electrons. The van der Waals surface area contributed by atoms with Gasteiger partial charge < -0.3 is 4.42 Å². The van der Waals surface area contributed by atoms with Gasteiger partial charge in [-0.25, -0.2) is 4.98 Å². The molecule has 0 aliphatic heterocycles. The minimum absolute atomic E-state index is 0.0822. The average Bonchev–Trinajstić information content (AvgIpc) is 2.75. The van der Waals surface area contributed by atoms with Gasteiger partial charge in [0.2, 0.25) is 5.89 Å². The van der Waals surface area contributed by atoms with Crippen LogP contribution in [0.5, 0.6) is 0 Å². The van der Waals surface area contributed by atoms with Crippen LogP contribution in [0.3, 0.4) is 0 Å². The monoisotopic (exact) mass is 285 g/mol. The molecule has 0 spiro atoms. The molecule has 0 amide bonds. The van der Waals surface area contributed by atoms with Crippen molar-refractivity contribution in [1.29, 1.82) is 0 Å². The Morgan fingerprint density at radius 3 is 2.33 bits per heavy atom. The lowest BCUT2D eigenvalue weighted by Crippen LogP contribution is -2.10. The van der Waals surface area contributed by atoms with Gasteiger partial charge in [-0.15, -0.1) is 11.8 Å². The summed E-state index contributed by atoms with van der Waals surface area (Å²) in [6, 6.07) is 3.76. The maximum atomic E-state index is 6.12. The normalized spacial score (nSPS) is 11.3. The lowest BCUT2D eigenvalue weighted by Gasteiger charge is -2.11. The fourth-order valence-corrected chi connectivity index (χ4v) is 2.43. The van der Waals surface area contributed by atoms with Crippen LogP contribution in [0.2, 0.25) is 5.02 Å². The van der Waals surface area contributed by atoms with Gasteiger partial charge in [-0.1, -0.05) is 46.2 Å². The first-order chi connectivity index (χ1) is 8.43. The highest BCUT2D eigenvalue weighted by atomic mass is 35.5. The number of oxazole rings is 1. The molecular weight excluding hydrogens is 266 g/mol. The fourth-order valence-electron chi connectivity index (χ4n) is 1.45. The lowest BCUT2D eigenvalue weighted by molar-refractivity contribution is 0.409. The molecule has 0 saturated carbocycles. The van der Waals surface area contributed by atoms with Crippen LogP contribution in [0, 0.1) is 0 Å². The van der Waals surface area contributed by atoms with E-state index < -0.39 is 0 Å². The van der Waals surface area contributed by atoms with Crippen molar-refractivity contribution in [1.82, 2.24) is 4.98 Å². The van der Waals surface area contributed by atoms with Crippen LogP contribution in [0.25, 0.3) is 11.1 Å². The van der Waals surface area contributed by atoms with Gasteiger partial charge in [0.1, 0.15) is 5.52 Å².